The molecule has 1 aliphatic heterocycles. The van der Waals surface area contributed by atoms with Gasteiger partial charge in [-0.15, -0.1) is 0 Å². The lowest BCUT2D eigenvalue weighted by atomic mass is 9.96. The molecule has 1 aliphatic rings. The van der Waals surface area contributed by atoms with Crippen molar-refractivity contribution in [2.75, 3.05) is 12.8 Å². The van der Waals surface area contributed by atoms with Crippen LogP contribution in [0.25, 0.3) is 0 Å². The van der Waals surface area contributed by atoms with Gasteiger partial charge in [-0.25, -0.2) is 0 Å². The molecule has 1 heterocycles. The van der Waals surface area contributed by atoms with Gasteiger partial charge in [0.15, 0.2) is 0 Å². The van der Waals surface area contributed by atoms with Crippen molar-refractivity contribution in [3.8, 4) is 0 Å². The van der Waals surface area contributed by atoms with Gasteiger partial charge in [0.25, 0.3) is 0 Å². The van der Waals surface area contributed by atoms with Crippen molar-refractivity contribution in [1.29, 1.82) is 0 Å². The van der Waals surface area contributed by atoms with Crippen LogP contribution < -0.4 is 5.32 Å². The molecule has 5 rings (SSSR count). The largest absolute Gasteiger partial charge is 0.374 e. The minimum atomic E-state index is -4.19. The molecule has 0 spiro atoms. The maximum atomic E-state index is 13.5. The van der Waals surface area contributed by atoms with Crippen LogP contribution in [0.3, 0.4) is 0 Å². The van der Waals surface area contributed by atoms with Crippen molar-refractivity contribution in [2.24, 2.45) is 0 Å². The Bertz CT molecular complexity index is 1540. The third kappa shape index (κ3) is 10.9. The van der Waals surface area contributed by atoms with Crippen molar-refractivity contribution in [2.45, 2.75) is 63.8 Å². The van der Waals surface area contributed by atoms with Gasteiger partial charge in [0.05, 0.1) is 51.3 Å². The molecule has 0 radical (unpaired) electrons. The van der Waals surface area contributed by atoms with Crippen LogP contribution in [0.2, 0.25) is 0 Å². The molecule has 10 heteroatoms. The average Bonchev–Trinajstić information content (AvgIpc) is 3.08. The number of ether oxygens (including phenoxy) is 4. The Labute approximate surface area is 276 Å². The molecular formula is C37H42NO8P. The van der Waals surface area contributed by atoms with Gasteiger partial charge in [0.2, 0.25) is 5.91 Å². The Hall–Kier alpha value is -3.66. The van der Waals surface area contributed by atoms with Crippen LogP contribution >= 0.6 is 7.60 Å². The average molecular weight is 660 g/mol. The number of amides is 1. The van der Waals surface area contributed by atoms with Crippen LogP contribution in [-0.2, 0) is 59.3 Å². The predicted molar refractivity (Wildman–Crippen MR) is 178 cm³/mol. The van der Waals surface area contributed by atoms with Crippen molar-refractivity contribution in [1.82, 2.24) is 5.32 Å². The molecule has 0 aromatic heterocycles. The molecule has 9 nitrogen and oxygen atoms in total. The van der Waals surface area contributed by atoms with Gasteiger partial charge in [-0.1, -0.05) is 121 Å². The zero-order valence-electron chi connectivity index (χ0n) is 26.4. The van der Waals surface area contributed by atoms with E-state index in [1.165, 1.54) is 6.92 Å². The van der Waals surface area contributed by atoms with Crippen LogP contribution in [-0.4, -0.2) is 54.0 Å². The Morgan fingerprint density at radius 2 is 1.23 bits per heavy atom. The maximum absolute atomic E-state index is 13.5. The summed E-state index contributed by atoms with van der Waals surface area (Å²) in [6.45, 7) is 2.36. The summed E-state index contributed by atoms with van der Waals surface area (Å²) in [4.78, 5) is 23.6. The summed E-state index contributed by atoms with van der Waals surface area (Å²) in [5, 5.41) is 2.95. The summed E-state index contributed by atoms with van der Waals surface area (Å²) in [6.07, 6.45) is -3.98. The van der Waals surface area contributed by atoms with Crippen LogP contribution in [0.5, 0.6) is 0 Å². The number of hydrogen-bond donors (Lipinski definition) is 2. The maximum Gasteiger partial charge on any atom is 0.331 e. The Kier molecular flexibility index (Phi) is 12.9. The predicted octanol–water partition coefficient (Wildman–Crippen LogP) is 6.05. The number of hydrogen-bond acceptors (Lipinski definition) is 7. The zero-order valence-corrected chi connectivity index (χ0v) is 27.3. The number of carbonyl (C=O) groups is 1. The molecular weight excluding hydrogens is 617 g/mol. The molecule has 2 N–H and O–H groups in total. The summed E-state index contributed by atoms with van der Waals surface area (Å²) in [7, 11) is -4.19. The summed E-state index contributed by atoms with van der Waals surface area (Å²) in [5.74, 6) is -0.338. The van der Waals surface area contributed by atoms with E-state index in [0.717, 1.165) is 22.3 Å². The third-order valence-electron chi connectivity index (χ3n) is 7.80. The monoisotopic (exact) mass is 659 g/mol. The highest BCUT2D eigenvalue weighted by Gasteiger charge is 2.50. The van der Waals surface area contributed by atoms with Gasteiger partial charge >= 0.3 is 7.60 Å². The van der Waals surface area contributed by atoms with Crippen molar-refractivity contribution >= 4 is 13.5 Å². The first-order chi connectivity index (χ1) is 22.9. The summed E-state index contributed by atoms with van der Waals surface area (Å²) in [5.41, 5.74) is 3.69. The lowest BCUT2D eigenvalue weighted by Crippen LogP contribution is -2.62. The smallest absolute Gasteiger partial charge is 0.331 e. The van der Waals surface area contributed by atoms with E-state index in [4.69, 9.17) is 23.5 Å². The van der Waals surface area contributed by atoms with Crippen molar-refractivity contribution in [3.63, 3.8) is 0 Å². The molecule has 4 aromatic rings. The minimum Gasteiger partial charge on any atom is -0.374 e. The molecule has 1 unspecified atom stereocenters. The molecule has 0 aliphatic carbocycles. The minimum absolute atomic E-state index is 0.0824. The Morgan fingerprint density at radius 1 is 0.766 bits per heavy atom. The molecule has 4 aromatic carbocycles. The van der Waals surface area contributed by atoms with E-state index >= 15 is 0 Å². The number of nitrogens with one attached hydrogen (secondary N) is 1. The van der Waals surface area contributed by atoms with Crippen LogP contribution in [0, 0.1) is 0 Å². The normalized spacial score (nSPS) is 22.3. The van der Waals surface area contributed by atoms with E-state index in [-0.39, 0.29) is 38.5 Å². The number of rotatable bonds is 16. The first-order valence-corrected chi connectivity index (χ1v) is 17.5. The topological polar surface area (TPSA) is 113 Å². The second-order valence-corrected chi connectivity index (χ2v) is 13.4. The lowest BCUT2D eigenvalue weighted by molar-refractivity contribution is -0.168. The van der Waals surface area contributed by atoms with E-state index in [2.05, 4.69) is 5.32 Å². The fourth-order valence-electron chi connectivity index (χ4n) is 5.52. The van der Waals surface area contributed by atoms with E-state index in [0.29, 0.717) is 6.61 Å². The first-order valence-electron chi connectivity index (χ1n) is 15.7. The number of carbonyl (C=O) groups excluding carboxylic acids is 1. The molecule has 6 atom stereocenters. The van der Waals surface area contributed by atoms with Gasteiger partial charge in [0, 0.05) is 6.92 Å². The van der Waals surface area contributed by atoms with Gasteiger partial charge in [-0.3, -0.25) is 9.36 Å². The molecule has 1 amide bonds. The fourth-order valence-corrected chi connectivity index (χ4v) is 7.03. The molecule has 0 saturated carbocycles. The van der Waals surface area contributed by atoms with Gasteiger partial charge < -0.3 is 33.7 Å². The fraction of sp³-hybridized carbons (Fsp3) is 0.324. The van der Waals surface area contributed by atoms with Crippen molar-refractivity contribution in [3.05, 3.63) is 144 Å². The standard InChI is InChI=1S/C37H42NO8P/c1-28(39)38-35-34(44-24-31-18-10-4-11-19-31)27-47(40,41)46-37(35)36(45-25-32-20-12-5-13-21-32)33(43-23-30-16-8-3-9-17-30)26-42-22-29-14-6-2-7-15-29/h2-21,33-37H,22-27H2,1H3,(H,38,39)(H,40,41)/t33-,34-,35+,36+,37+/m0/s1. The molecule has 47 heavy (non-hydrogen) atoms. The van der Waals surface area contributed by atoms with Crippen molar-refractivity contribution < 1.29 is 37.7 Å². The molecule has 1 fully saturated rings. The van der Waals surface area contributed by atoms with Gasteiger partial charge in [-0.05, 0) is 22.3 Å². The molecule has 248 valence electrons. The summed E-state index contributed by atoms with van der Waals surface area (Å²) >= 11 is 0. The number of benzene rings is 4. The summed E-state index contributed by atoms with van der Waals surface area (Å²) in [6, 6.07) is 37.7. The summed E-state index contributed by atoms with van der Waals surface area (Å²) < 4.78 is 45.0. The van der Waals surface area contributed by atoms with E-state index in [1.807, 2.05) is 121 Å². The third-order valence-corrected chi connectivity index (χ3v) is 9.20. The zero-order chi connectivity index (χ0) is 32.9. The van der Waals surface area contributed by atoms with Gasteiger partial charge in [0.1, 0.15) is 18.3 Å². The van der Waals surface area contributed by atoms with E-state index < -0.39 is 38.1 Å². The van der Waals surface area contributed by atoms with Gasteiger partial charge in [-0.2, -0.15) is 0 Å². The van der Waals surface area contributed by atoms with Crippen LogP contribution in [0.1, 0.15) is 29.2 Å². The second-order valence-electron chi connectivity index (χ2n) is 11.5. The lowest BCUT2D eigenvalue weighted by Gasteiger charge is -2.44. The highest BCUT2D eigenvalue weighted by atomic mass is 31.2. The quantitative estimate of drug-likeness (QED) is 0.140. The second kappa shape index (κ2) is 17.5. The first kappa shape index (κ1) is 34.7. The van der Waals surface area contributed by atoms with Crippen LogP contribution in [0.4, 0.5) is 0 Å². The highest BCUT2D eigenvalue weighted by Crippen LogP contribution is 2.50. The Balaban J connectivity index is 1.47. The SMILES string of the molecule is CC(=O)N[C@H]1[C@H]([C@H](OCc2ccccc2)[C@H](COCc2ccccc2)OCc2ccccc2)OP(=O)(O)C[C@@H]1OCc1ccccc1. The highest BCUT2D eigenvalue weighted by molar-refractivity contribution is 7.53. The Morgan fingerprint density at radius 3 is 1.74 bits per heavy atom. The molecule has 1 saturated heterocycles. The van der Waals surface area contributed by atoms with E-state index in [9.17, 15) is 14.3 Å². The van der Waals surface area contributed by atoms with E-state index in [1.54, 1.807) is 0 Å². The van der Waals surface area contributed by atoms with Crippen LogP contribution in [0.15, 0.2) is 121 Å². The molecule has 0 bridgehead atoms.